The average molecular weight is 282 g/mol. The Labute approximate surface area is 128 Å². The summed E-state index contributed by atoms with van der Waals surface area (Å²) in [6.07, 6.45) is 9.40. The summed E-state index contributed by atoms with van der Waals surface area (Å²) in [6.45, 7) is 5.41. The molecule has 0 bridgehead atoms. The molecular weight excluding hydrogens is 256 g/mol. The van der Waals surface area contributed by atoms with Crippen molar-refractivity contribution in [2.45, 2.75) is 58.0 Å². The number of hydrogen-bond donors (Lipinski definition) is 1. The first-order chi connectivity index (χ1) is 10.1. The fourth-order valence-electron chi connectivity index (χ4n) is 3.26. The second-order valence-corrected chi connectivity index (χ2v) is 6.66. The van der Waals surface area contributed by atoms with Crippen LogP contribution in [0.15, 0.2) is 36.7 Å². The molecule has 112 valence electrons. The van der Waals surface area contributed by atoms with Gasteiger partial charge in [0.05, 0.1) is 0 Å². The summed E-state index contributed by atoms with van der Waals surface area (Å²) in [5, 5.41) is 0. The third-order valence-corrected chi connectivity index (χ3v) is 4.62. The van der Waals surface area contributed by atoms with E-state index in [0.29, 0.717) is 5.92 Å². The summed E-state index contributed by atoms with van der Waals surface area (Å²) in [6, 6.07) is 9.23. The summed E-state index contributed by atoms with van der Waals surface area (Å²) in [4.78, 5) is 0. The minimum absolute atomic E-state index is 0.229. The predicted molar refractivity (Wildman–Crippen MR) is 88.5 cm³/mol. The van der Waals surface area contributed by atoms with Crippen LogP contribution in [-0.4, -0.2) is 4.57 Å². The molecule has 1 heterocycles. The van der Waals surface area contributed by atoms with Crippen molar-refractivity contribution >= 4 is 0 Å². The highest BCUT2D eigenvalue weighted by Crippen LogP contribution is 2.28. The third kappa shape index (κ3) is 3.21. The van der Waals surface area contributed by atoms with Crippen LogP contribution in [0.5, 0.6) is 0 Å². The lowest BCUT2D eigenvalue weighted by molar-refractivity contribution is 0.610. The van der Waals surface area contributed by atoms with E-state index in [-0.39, 0.29) is 6.04 Å². The summed E-state index contributed by atoms with van der Waals surface area (Å²) in [7, 11) is 0. The van der Waals surface area contributed by atoms with Crippen molar-refractivity contribution < 1.29 is 0 Å². The van der Waals surface area contributed by atoms with Gasteiger partial charge in [-0.05, 0) is 47.4 Å². The van der Waals surface area contributed by atoms with Gasteiger partial charge in [-0.1, -0.05) is 44.5 Å². The van der Waals surface area contributed by atoms with Crippen molar-refractivity contribution in [2.24, 2.45) is 5.73 Å². The van der Waals surface area contributed by atoms with Crippen molar-refractivity contribution in [3.05, 3.63) is 58.9 Å². The van der Waals surface area contributed by atoms with E-state index in [1.807, 2.05) is 0 Å². The van der Waals surface area contributed by atoms with Gasteiger partial charge in [0.15, 0.2) is 0 Å². The van der Waals surface area contributed by atoms with E-state index in [1.54, 1.807) is 0 Å². The van der Waals surface area contributed by atoms with Crippen LogP contribution in [0.1, 0.15) is 67.3 Å². The number of aromatic nitrogens is 1. The molecule has 2 heteroatoms. The molecule has 0 spiro atoms. The molecule has 0 saturated carbocycles. The maximum absolute atomic E-state index is 6.29. The van der Waals surface area contributed by atoms with Crippen molar-refractivity contribution in [1.82, 2.24) is 4.57 Å². The molecule has 1 aliphatic carbocycles. The first-order valence-electron chi connectivity index (χ1n) is 8.16. The van der Waals surface area contributed by atoms with E-state index in [9.17, 15) is 0 Å². The van der Waals surface area contributed by atoms with Crippen LogP contribution in [0.3, 0.4) is 0 Å². The van der Waals surface area contributed by atoms with Gasteiger partial charge < -0.3 is 10.3 Å². The zero-order chi connectivity index (χ0) is 14.8. The number of benzene rings is 1. The van der Waals surface area contributed by atoms with Gasteiger partial charge in [0.1, 0.15) is 0 Å². The van der Waals surface area contributed by atoms with Crippen molar-refractivity contribution in [2.75, 3.05) is 0 Å². The number of fused-ring (bicyclic) bond motifs is 1. The standard InChI is InChI=1S/C19H26N2/c1-14(2)16-9-7-15(8-10-16)11-21-12-17-5-3-4-6-19(20)18(17)13-21/h7-10,12-14,19H,3-6,11,20H2,1-2H3. The minimum atomic E-state index is 0.229. The number of nitrogens with two attached hydrogens (primary N) is 1. The SMILES string of the molecule is CC(C)c1ccc(Cn2cc3c(c2)C(N)CCCC3)cc1. The fourth-order valence-corrected chi connectivity index (χ4v) is 3.26. The maximum atomic E-state index is 6.29. The van der Waals surface area contributed by atoms with E-state index in [2.05, 4.69) is 55.1 Å². The van der Waals surface area contributed by atoms with Gasteiger partial charge >= 0.3 is 0 Å². The summed E-state index contributed by atoms with van der Waals surface area (Å²) < 4.78 is 2.31. The van der Waals surface area contributed by atoms with E-state index in [4.69, 9.17) is 5.73 Å². The highest BCUT2D eigenvalue weighted by atomic mass is 14.9. The molecule has 2 aromatic rings. The molecule has 0 saturated heterocycles. The summed E-state index contributed by atoms with van der Waals surface area (Å²) in [5.74, 6) is 0.597. The monoisotopic (exact) mass is 282 g/mol. The van der Waals surface area contributed by atoms with Crippen LogP contribution < -0.4 is 5.73 Å². The van der Waals surface area contributed by atoms with Gasteiger partial charge in [0.2, 0.25) is 0 Å². The quantitative estimate of drug-likeness (QED) is 0.832. The molecule has 0 aliphatic heterocycles. The van der Waals surface area contributed by atoms with Crippen LogP contribution >= 0.6 is 0 Å². The Balaban J connectivity index is 1.77. The van der Waals surface area contributed by atoms with Crippen molar-refractivity contribution in [1.29, 1.82) is 0 Å². The van der Waals surface area contributed by atoms with Gasteiger partial charge in [-0.25, -0.2) is 0 Å². The lowest BCUT2D eigenvalue weighted by Gasteiger charge is -2.09. The lowest BCUT2D eigenvalue weighted by atomic mass is 10.0. The molecule has 0 fully saturated rings. The number of rotatable bonds is 3. The third-order valence-electron chi connectivity index (χ3n) is 4.62. The van der Waals surface area contributed by atoms with Crippen LogP contribution in [-0.2, 0) is 13.0 Å². The second kappa shape index (κ2) is 6.07. The molecule has 3 rings (SSSR count). The number of hydrogen-bond acceptors (Lipinski definition) is 1. The fraction of sp³-hybridized carbons (Fsp3) is 0.474. The van der Waals surface area contributed by atoms with Gasteiger partial charge in [-0.2, -0.15) is 0 Å². The molecule has 2 nitrogen and oxygen atoms in total. The van der Waals surface area contributed by atoms with Crippen molar-refractivity contribution in [3.63, 3.8) is 0 Å². The molecule has 1 aliphatic rings. The molecule has 0 amide bonds. The molecule has 1 aromatic carbocycles. The number of aryl methyl sites for hydroxylation is 1. The predicted octanol–water partition coefficient (Wildman–Crippen LogP) is 4.39. The molecule has 1 aromatic heterocycles. The summed E-state index contributed by atoms with van der Waals surface area (Å²) >= 11 is 0. The van der Waals surface area contributed by atoms with E-state index < -0.39 is 0 Å². The highest BCUT2D eigenvalue weighted by Gasteiger charge is 2.17. The van der Waals surface area contributed by atoms with E-state index in [1.165, 1.54) is 41.5 Å². The molecule has 2 N–H and O–H groups in total. The molecular formula is C19H26N2. The smallest absolute Gasteiger partial charge is 0.0470 e. The zero-order valence-electron chi connectivity index (χ0n) is 13.2. The normalized spacial score (nSPS) is 18.6. The Morgan fingerprint density at radius 1 is 1.14 bits per heavy atom. The molecule has 21 heavy (non-hydrogen) atoms. The van der Waals surface area contributed by atoms with E-state index in [0.717, 1.165) is 13.0 Å². The molecule has 1 atom stereocenters. The second-order valence-electron chi connectivity index (χ2n) is 6.66. The first kappa shape index (κ1) is 14.4. The Morgan fingerprint density at radius 2 is 1.90 bits per heavy atom. The number of nitrogens with zero attached hydrogens (tertiary/aromatic N) is 1. The average Bonchev–Trinajstić information content (AvgIpc) is 2.79. The summed E-state index contributed by atoms with van der Waals surface area (Å²) in [5.41, 5.74) is 11.9. The van der Waals surface area contributed by atoms with Crippen LogP contribution in [0.2, 0.25) is 0 Å². The Kier molecular flexibility index (Phi) is 4.16. The van der Waals surface area contributed by atoms with Crippen LogP contribution in [0.25, 0.3) is 0 Å². The van der Waals surface area contributed by atoms with Gasteiger partial charge in [-0.15, -0.1) is 0 Å². The first-order valence-corrected chi connectivity index (χ1v) is 8.16. The highest BCUT2D eigenvalue weighted by molar-refractivity contribution is 5.30. The van der Waals surface area contributed by atoms with Crippen molar-refractivity contribution in [3.8, 4) is 0 Å². The zero-order valence-corrected chi connectivity index (χ0v) is 13.2. The van der Waals surface area contributed by atoms with Gasteiger partial charge in [0.25, 0.3) is 0 Å². The largest absolute Gasteiger partial charge is 0.349 e. The Morgan fingerprint density at radius 3 is 2.62 bits per heavy atom. The van der Waals surface area contributed by atoms with Gasteiger partial charge in [0, 0.05) is 25.0 Å². The lowest BCUT2D eigenvalue weighted by Crippen LogP contribution is -2.09. The van der Waals surface area contributed by atoms with Crippen LogP contribution in [0.4, 0.5) is 0 Å². The van der Waals surface area contributed by atoms with Crippen LogP contribution in [0, 0.1) is 0 Å². The van der Waals surface area contributed by atoms with E-state index >= 15 is 0 Å². The maximum Gasteiger partial charge on any atom is 0.0470 e. The van der Waals surface area contributed by atoms with Gasteiger partial charge in [-0.3, -0.25) is 0 Å². The topological polar surface area (TPSA) is 30.9 Å². The molecule has 0 radical (unpaired) electrons. The molecule has 1 unspecified atom stereocenters. The minimum Gasteiger partial charge on any atom is -0.349 e. The Bertz CT molecular complexity index is 593. The Hall–Kier alpha value is -1.54.